The van der Waals surface area contributed by atoms with Crippen LogP contribution in [-0.4, -0.2) is 22.3 Å². The Labute approximate surface area is 123 Å². The predicted molar refractivity (Wildman–Crippen MR) is 81.3 cm³/mol. The molecule has 110 valence electrons. The molecule has 0 radical (unpaired) electrons. The number of anilines is 3. The number of aromatic nitrogens is 2. The highest BCUT2D eigenvalue weighted by atomic mass is 16.7. The van der Waals surface area contributed by atoms with Gasteiger partial charge in [0.25, 0.3) is 0 Å². The Morgan fingerprint density at radius 1 is 1.10 bits per heavy atom. The quantitative estimate of drug-likeness (QED) is 0.903. The lowest BCUT2D eigenvalue weighted by Crippen LogP contribution is -2.26. The molecule has 0 unspecified atom stereocenters. The molecule has 0 spiro atoms. The van der Waals surface area contributed by atoms with Gasteiger partial charge in [-0.05, 0) is 39.0 Å². The van der Waals surface area contributed by atoms with E-state index >= 15 is 0 Å². The smallest absolute Gasteiger partial charge is 0.231 e. The maximum absolute atomic E-state index is 5.35. The molecule has 0 fully saturated rings. The van der Waals surface area contributed by atoms with Gasteiger partial charge in [-0.15, -0.1) is 0 Å². The molecule has 3 rings (SSSR count). The number of nitrogens with one attached hydrogen (secondary N) is 2. The molecule has 21 heavy (non-hydrogen) atoms. The average molecular weight is 286 g/mol. The summed E-state index contributed by atoms with van der Waals surface area (Å²) in [4.78, 5) is 8.67. The lowest BCUT2D eigenvalue weighted by molar-refractivity contribution is 0.174. The molecular weight excluding hydrogens is 268 g/mol. The first-order valence-corrected chi connectivity index (χ1v) is 6.77. The number of benzene rings is 1. The van der Waals surface area contributed by atoms with Crippen LogP contribution in [-0.2, 0) is 0 Å². The van der Waals surface area contributed by atoms with Crippen molar-refractivity contribution in [2.75, 3.05) is 17.4 Å². The SMILES string of the molecule is CC(C)(C)Nc1ccnc(Nc2ccc3c(c2)OCO3)n1. The van der Waals surface area contributed by atoms with Crippen molar-refractivity contribution < 1.29 is 9.47 Å². The van der Waals surface area contributed by atoms with E-state index in [4.69, 9.17) is 9.47 Å². The summed E-state index contributed by atoms with van der Waals surface area (Å²) in [6.45, 7) is 6.51. The first-order valence-electron chi connectivity index (χ1n) is 6.77. The third kappa shape index (κ3) is 3.34. The minimum absolute atomic E-state index is 0.0512. The van der Waals surface area contributed by atoms with Gasteiger partial charge in [-0.2, -0.15) is 4.98 Å². The van der Waals surface area contributed by atoms with Crippen LogP contribution in [0.15, 0.2) is 30.5 Å². The van der Waals surface area contributed by atoms with Crippen LogP contribution in [0.4, 0.5) is 17.5 Å². The summed E-state index contributed by atoms with van der Waals surface area (Å²) >= 11 is 0. The highest BCUT2D eigenvalue weighted by Crippen LogP contribution is 2.34. The van der Waals surface area contributed by atoms with Crippen LogP contribution < -0.4 is 20.1 Å². The highest BCUT2D eigenvalue weighted by molar-refractivity contribution is 5.61. The van der Waals surface area contributed by atoms with E-state index in [0.717, 1.165) is 23.0 Å². The maximum Gasteiger partial charge on any atom is 0.231 e. The largest absolute Gasteiger partial charge is 0.454 e. The van der Waals surface area contributed by atoms with Gasteiger partial charge in [-0.25, -0.2) is 4.98 Å². The Morgan fingerprint density at radius 3 is 2.71 bits per heavy atom. The Hall–Kier alpha value is -2.50. The van der Waals surface area contributed by atoms with Crippen molar-refractivity contribution in [2.45, 2.75) is 26.3 Å². The Bertz CT molecular complexity index is 652. The number of hydrogen-bond acceptors (Lipinski definition) is 6. The van der Waals surface area contributed by atoms with E-state index in [2.05, 4.69) is 41.4 Å². The van der Waals surface area contributed by atoms with Crippen LogP contribution in [0, 0.1) is 0 Å². The third-order valence-corrected chi connectivity index (χ3v) is 2.79. The normalized spacial score (nSPS) is 13.1. The lowest BCUT2D eigenvalue weighted by atomic mass is 10.1. The minimum atomic E-state index is -0.0512. The number of rotatable bonds is 3. The van der Waals surface area contributed by atoms with E-state index in [1.165, 1.54) is 0 Å². The summed E-state index contributed by atoms with van der Waals surface area (Å²) in [5, 5.41) is 6.48. The maximum atomic E-state index is 5.35. The fourth-order valence-corrected chi connectivity index (χ4v) is 1.98. The number of nitrogens with zero attached hydrogens (tertiary/aromatic N) is 2. The fourth-order valence-electron chi connectivity index (χ4n) is 1.98. The van der Waals surface area contributed by atoms with Gasteiger partial charge < -0.3 is 20.1 Å². The summed E-state index contributed by atoms with van der Waals surface area (Å²) in [5.74, 6) is 2.79. The molecule has 1 aliphatic heterocycles. The van der Waals surface area contributed by atoms with Crippen LogP contribution in [0.1, 0.15) is 20.8 Å². The van der Waals surface area contributed by atoms with Crippen molar-refractivity contribution in [3.63, 3.8) is 0 Å². The molecule has 0 atom stereocenters. The molecule has 0 bridgehead atoms. The molecule has 2 aromatic rings. The number of hydrogen-bond donors (Lipinski definition) is 2. The highest BCUT2D eigenvalue weighted by Gasteiger charge is 2.14. The van der Waals surface area contributed by atoms with Gasteiger partial charge in [0.05, 0.1) is 0 Å². The van der Waals surface area contributed by atoms with Gasteiger partial charge in [-0.3, -0.25) is 0 Å². The van der Waals surface area contributed by atoms with Crippen molar-refractivity contribution in [1.82, 2.24) is 9.97 Å². The van der Waals surface area contributed by atoms with Crippen LogP contribution in [0.2, 0.25) is 0 Å². The molecular formula is C15H18N4O2. The first-order chi connectivity index (χ1) is 9.99. The summed E-state index contributed by atoms with van der Waals surface area (Å²) in [7, 11) is 0. The zero-order valence-corrected chi connectivity index (χ0v) is 12.3. The van der Waals surface area contributed by atoms with Gasteiger partial charge in [0.2, 0.25) is 12.7 Å². The van der Waals surface area contributed by atoms with E-state index in [9.17, 15) is 0 Å². The average Bonchev–Trinajstić information content (AvgIpc) is 2.84. The van der Waals surface area contributed by atoms with Crippen molar-refractivity contribution in [1.29, 1.82) is 0 Å². The third-order valence-electron chi connectivity index (χ3n) is 2.79. The van der Waals surface area contributed by atoms with Gasteiger partial charge in [0, 0.05) is 23.5 Å². The summed E-state index contributed by atoms with van der Waals surface area (Å²) in [6, 6.07) is 7.48. The van der Waals surface area contributed by atoms with E-state index in [0.29, 0.717) is 5.95 Å². The second kappa shape index (κ2) is 5.12. The number of ether oxygens (including phenoxy) is 2. The van der Waals surface area contributed by atoms with Crippen molar-refractivity contribution in [3.05, 3.63) is 30.5 Å². The van der Waals surface area contributed by atoms with E-state index in [1.54, 1.807) is 6.20 Å². The fraction of sp³-hybridized carbons (Fsp3) is 0.333. The molecule has 2 heterocycles. The molecule has 1 aliphatic rings. The summed E-state index contributed by atoms with van der Waals surface area (Å²) < 4.78 is 10.6. The van der Waals surface area contributed by atoms with Gasteiger partial charge >= 0.3 is 0 Å². The van der Waals surface area contributed by atoms with Gasteiger partial charge in [0.1, 0.15) is 5.82 Å². The minimum Gasteiger partial charge on any atom is -0.454 e. The van der Waals surface area contributed by atoms with Crippen LogP contribution in [0.5, 0.6) is 11.5 Å². The van der Waals surface area contributed by atoms with Crippen LogP contribution >= 0.6 is 0 Å². The molecule has 0 aliphatic carbocycles. The molecule has 0 saturated heterocycles. The van der Waals surface area contributed by atoms with Crippen molar-refractivity contribution >= 4 is 17.5 Å². The Morgan fingerprint density at radius 2 is 1.90 bits per heavy atom. The Balaban J connectivity index is 1.77. The first kappa shape index (κ1) is 13.5. The molecule has 1 aromatic carbocycles. The predicted octanol–water partition coefficient (Wildman–Crippen LogP) is 3.16. The second-order valence-corrected chi connectivity index (χ2v) is 5.83. The van der Waals surface area contributed by atoms with Gasteiger partial charge in [0.15, 0.2) is 11.5 Å². The zero-order valence-electron chi connectivity index (χ0n) is 12.3. The zero-order chi connectivity index (χ0) is 14.9. The molecule has 0 saturated carbocycles. The van der Waals surface area contributed by atoms with Crippen molar-refractivity contribution in [2.24, 2.45) is 0 Å². The summed E-state index contributed by atoms with van der Waals surface area (Å²) in [5.41, 5.74) is 0.803. The van der Waals surface area contributed by atoms with E-state index in [1.807, 2.05) is 24.3 Å². The topological polar surface area (TPSA) is 68.3 Å². The molecule has 2 N–H and O–H groups in total. The van der Waals surface area contributed by atoms with Crippen LogP contribution in [0.25, 0.3) is 0 Å². The van der Waals surface area contributed by atoms with Crippen LogP contribution in [0.3, 0.4) is 0 Å². The monoisotopic (exact) mass is 286 g/mol. The summed E-state index contributed by atoms with van der Waals surface area (Å²) in [6.07, 6.45) is 1.72. The van der Waals surface area contributed by atoms with Crippen molar-refractivity contribution in [3.8, 4) is 11.5 Å². The molecule has 6 nitrogen and oxygen atoms in total. The van der Waals surface area contributed by atoms with E-state index < -0.39 is 0 Å². The molecule has 6 heteroatoms. The van der Waals surface area contributed by atoms with Gasteiger partial charge in [-0.1, -0.05) is 0 Å². The molecule has 1 aromatic heterocycles. The standard InChI is InChI=1S/C15H18N4O2/c1-15(2,3)19-13-6-7-16-14(18-13)17-10-4-5-11-12(8-10)21-9-20-11/h4-8H,9H2,1-3H3,(H2,16,17,18,19). The Kier molecular flexibility index (Phi) is 3.29. The van der Waals surface area contributed by atoms with E-state index in [-0.39, 0.29) is 12.3 Å². The lowest BCUT2D eigenvalue weighted by Gasteiger charge is -2.21. The molecule has 0 amide bonds. The number of fused-ring (bicyclic) bond motifs is 1. The second-order valence-electron chi connectivity index (χ2n) is 5.83.